The Morgan fingerprint density at radius 2 is 2.50 bits per heavy atom. The van der Waals surface area contributed by atoms with Gasteiger partial charge in [-0.05, 0) is 6.92 Å². The van der Waals surface area contributed by atoms with Crippen LogP contribution in [0.1, 0.15) is 6.92 Å². The van der Waals surface area contributed by atoms with Gasteiger partial charge in [0.15, 0.2) is 0 Å². The fourth-order valence-electron chi connectivity index (χ4n) is 0.978. The summed E-state index contributed by atoms with van der Waals surface area (Å²) in [5.74, 6) is -0.0902. The average Bonchev–Trinajstić information content (AvgIpc) is 2.69. The van der Waals surface area contributed by atoms with E-state index in [0.29, 0.717) is 6.54 Å². The van der Waals surface area contributed by atoms with Crippen molar-refractivity contribution in [2.75, 3.05) is 13.7 Å². The predicted molar refractivity (Wildman–Crippen MR) is 51.7 cm³/mol. The molecule has 1 unspecified atom stereocenters. The third-order valence-electron chi connectivity index (χ3n) is 1.95. The summed E-state index contributed by atoms with van der Waals surface area (Å²) < 4.78 is 6.77. The molecule has 1 amide bonds. The van der Waals surface area contributed by atoms with Crippen molar-refractivity contribution in [1.82, 2.24) is 14.9 Å². The number of hydrogen-bond acceptors (Lipinski definition) is 3. The second kappa shape index (κ2) is 5.39. The van der Waals surface area contributed by atoms with Gasteiger partial charge in [0.05, 0.1) is 6.33 Å². The van der Waals surface area contributed by atoms with Crippen LogP contribution in [0.3, 0.4) is 0 Å². The molecule has 1 rings (SSSR count). The molecule has 0 radical (unpaired) electrons. The average molecular weight is 197 g/mol. The maximum atomic E-state index is 11.2. The first-order valence-electron chi connectivity index (χ1n) is 4.50. The minimum Gasteiger partial charge on any atom is -0.372 e. The summed E-state index contributed by atoms with van der Waals surface area (Å²) in [6, 6.07) is 0. The van der Waals surface area contributed by atoms with Crippen LogP contribution in [-0.2, 0) is 16.1 Å². The molecule has 0 aliphatic rings. The van der Waals surface area contributed by atoms with E-state index in [-0.39, 0.29) is 5.91 Å². The third-order valence-corrected chi connectivity index (χ3v) is 1.95. The molecule has 0 aliphatic heterocycles. The molecule has 5 heteroatoms. The lowest BCUT2D eigenvalue weighted by molar-refractivity contribution is -0.130. The molecule has 1 aromatic heterocycles. The normalized spacial score (nSPS) is 12.4. The lowest BCUT2D eigenvalue weighted by atomic mass is 10.4. The Morgan fingerprint density at radius 1 is 1.71 bits per heavy atom. The number of nitrogens with zero attached hydrogens (tertiary/aromatic N) is 2. The van der Waals surface area contributed by atoms with Crippen molar-refractivity contribution in [3.63, 3.8) is 0 Å². The van der Waals surface area contributed by atoms with E-state index in [4.69, 9.17) is 4.74 Å². The molecule has 1 aromatic rings. The third kappa shape index (κ3) is 3.18. The molecule has 0 aromatic carbocycles. The van der Waals surface area contributed by atoms with Crippen molar-refractivity contribution in [2.45, 2.75) is 19.6 Å². The lowest BCUT2D eigenvalue weighted by Gasteiger charge is -2.10. The van der Waals surface area contributed by atoms with E-state index in [1.54, 1.807) is 19.4 Å². The summed E-state index contributed by atoms with van der Waals surface area (Å²) in [6.07, 6.45) is 4.88. The van der Waals surface area contributed by atoms with E-state index in [1.807, 2.05) is 10.8 Å². The molecule has 1 heterocycles. The van der Waals surface area contributed by atoms with Crippen LogP contribution in [0.15, 0.2) is 18.7 Å². The number of ether oxygens (including phenoxy) is 1. The zero-order chi connectivity index (χ0) is 10.4. The molecule has 78 valence electrons. The Labute approximate surface area is 83.1 Å². The van der Waals surface area contributed by atoms with E-state index in [1.165, 1.54) is 7.11 Å². The number of imidazole rings is 1. The lowest BCUT2D eigenvalue weighted by Crippen LogP contribution is -2.35. The minimum atomic E-state index is -0.391. The monoisotopic (exact) mass is 197 g/mol. The number of carbonyl (C=O) groups excluding carboxylic acids is 1. The molecule has 5 nitrogen and oxygen atoms in total. The van der Waals surface area contributed by atoms with Crippen LogP contribution < -0.4 is 5.32 Å². The Bertz CT molecular complexity index is 272. The molecule has 0 saturated heterocycles. The topological polar surface area (TPSA) is 56.1 Å². The maximum absolute atomic E-state index is 11.2. The zero-order valence-electron chi connectivity index (χ0n) is 8.43. The van der Waals surface area contributed by atoms with Crippen LogP contribution in [0.5, 0.6) is 0 Å². The summed E-state index contributed by atoms with van der Waals surface area (Å²) in [5.41, 5.74) is 0. The number of nitrogens with one attached hydrogen (secondary N) is 1. The van der Waals surface area contributed by atoms with Gasteiger partial charge in [0.25, 0.3) is 0 Å². The van der Waals surface area contributed by atoms with Gasteiger partial charge in [0.1, 0.15) is 6.10 Å². The van der Waals surface area contributed by atoms with Crippen LogP contribution in [0.2, 0.25) is 0 Å². The van der Waals surface area contributed by atoms with Crippen LogP contribution in [-0.4, -0.2) is 35.2 Å². The molecule has 1 atom stereocenters. The maximum Gasteiger partial charge on any atom is 0.248 e. The molecular weight excluding hydrogens is 182 g/mol. The van der Waals surface area contributed by atoms with Gasteiger partial charge in [0.2, 0.25) is 5.91 Å². The quantitative estimate of drug-likeness (QED) is 0.724. The fourth-order valence-corrected chi connectivity index (χ4v) is 0.978. The number of carbonyl (C=O) groups is 1. The molecule has 1 N–H and O–H groups in total. The van der Waals surface area contributed by atoms with Gasteiger partial charge in [-0.15, -0.1) is 0 Å². The number of methoxy groups -OCH3 is 1. The highest BCUT2D eigenvalue weighted by molar-refractivity contribution is 5.80. The predicted octanol–water partition coefficient (Wildman–Crippen LogP) is 0.0342. The van der Waals surface area contributed by atoms with Crippen LogP contribution >= 0.6 is 0 Å². The van der Waals surface area contributed by atoms with E-state index < -0.39 is 6.10 Å². The van der Waals surface area contributed by atoms with Crippen molar-refractivity contribution in [1.29, 1.82) is 0 Å². The fraction of sp³-hybridized carbons (Fsp3) is 0.556. The van der Waals surface area contributed by atoms with Gasteiger partial charge >= 0.3 is 0 Å². The van der Waals surface area contributed by atoms with Crippen molar-refractivity contribution < 1.29 is 9.53 Å². The van der Waals surface area contributed by atoms with Gasteiger partial charge in [-0.2, -0.15) is 0 Å². The number of aromatic nitrogens is 2. The minimum absolute atomic E-state index is 0.0902. The van der Waals surface area contributed by atoms with Gasteiger partial charge < -0.3 is 14.6 Å². The standard InChI is InChI=1S/C9H15N3O2/c1-8(14-2)9(13)11-4-6-12-5-3-10-7-12/h3,5,7-8H,4,6H2,1-2H3,(H,11,13). The SMILES string of the molecule is COC(C)C(=O)NCCn1ccnc1. The van der Waals surface area contributed by atoms with Crippen molar-refractivity contribution in [3.05, 3.63) is 18.7 Å². The number of hydrogen-bond donors (Lipinski definition) is 1. The number of amides is 1. The van der Waals surface area contributed by atoms with Crippen molar-refractivity contribution >= 4 is 5.91 Å². The summed E-state index contributed by atoms with van der Waals surface area (Å²) in [6.45, 7) is 3.03. The van der Waals surface area contributed by atoms with Crippen molar-refractivity contribution in [3.8, 4) is 0 Å². The Kier molecular flexibility index (Phi) is 4.12. The van der Waals surface area contributed by atoms with E-state index in [2.05, 4.69) is 10.3 Å². The first-order chi connectivity index (χ1) is 6.74. The summed E-state index contributed by atoms with van der Waals surface area (Å²) in [5, 5.41) is 2.76. The first-order valence-corrected chi connectivity index (χ1v) is 4.50. The molecule has 0 aliphatic carbocycles. The Morgan fingerprint density at radius 3 is 3.07 bits per heavy atom. The molecule has 0 spiro atoms. The van der Waals surface area contributed by atoms with Crippen LogP contribution in [0.4, 0.5) is 0 Å². The van der Waals surface area contributed by atoms with Gasteiger partial charge in [-0.25, -0.2) is 4.98 Å². The molecule has 0 saturated carbocycles. The molecule has 0 fully saturated rings. The van der Waals surface area contributed by atoms with Crippen LogP contribution in [0.25, 0.3) is 0 Å². The summed E-state index contributed by atoms with van der Waals surface area (Å²) in [7, 11) is 1.51. The zero-order valence-corrected chi connectivity index (χ0v) is 8.43. The van der Waals surface area contributed by atoms with Crippen LogP contribution in [0, 0.1) is 0 Å². The Balaban J connectivity index is 2.18. The highest BCUT2D eigenvalue weighted by Gasteiger charge is 2.09. The van der Waals surface area contributed by atoms with Gasteiger partial charge in [0, 0.05) is 32.6 Å². The summed E-state index contributed by atoms with van der Waals surface area (Å²) in [4.78, 5) is 15.1. The second-order valence-corrected chi connectivity index (χ2v) is 2.97. The molecule has 14 heavy (non-hydrogen) atoms. The molecule has 0 bridgehead atoms. The summed E-state index contributed by atoms with van der Waals surface area (Å²) >= 11 is 0. The largest absolute Gasteiger partial charge is 0.372 e. The highest BCUT2D eigenvalue weighted by atomic mass is 16.5. The van der Waals surface area contributed by atoms with Gasteiger partial charge in [-0.3, -0.25) is 4.79 Å². The smallest absolute Gasteiger partial charge is 0.248 e. The Hall–Kier alpha value is -1.36. The van der Waals surface area contributed by atoms with E-state index >= 15 is 0 Å². The van der Waals surface area contributed by atoms with E-state index in [9.17, 15) is 4.79 Å². The highest BCUT2D eigenvalue weighted by Crippen LogP contribution is 1.88. The van der Waals surface area contributed by atoms with Crippen molar-refractivity contribution in [2.24, 2.45) is 0 Å². The van der Waals surface area contributed by atoms with E-state index in [0.717, 1.165) is 6.54 Å². The van der Waals surface area contributed by atoms with Gasteiger partial charge in [-0.1, -0.05) is 0 Å². The first kappa shape index (κ1) is 10.7. The second-order valence-electron chi connectivity index (χ2n) is 2.97. The molecular formula is C9H15N3O2. The number of rotatable bonds is 5.